The number of benzene rings is 2. The van der Waals surface area contributed by atoms with E-state index in [2.05, 4.69) is 30.5 Å². The fourth-order valence-electron chi connectivity index (χ4n) is 4.45. The number of aromatic nitrogens is 4. The van der Waals surface area contributed by atoms with Crippen molar-refractivity contribution in [2.45, 2.75) is 33.7 Å². The standard InChI is InChI=1S/C27H24N4O2.Na.H/c1-4-24-30-25-16(2)14-17(3)28-26(25)31(24)15-18-8-7-11-22-19(18)12-13-23(29-22)20-9-5-6-10-21(20)27(32)33;;/h5-14H,4,15H2,1-3H3,(H,32,33);;. The van der Waals surface area contributed by atoms with E-state index >= 15 is 0 Å². The Morgan fingerprint density at radius 1 is 0.971 bits per heavy atom. The minimum absolute atomic E-state index is 0. The first-order valence-corrected chi connectivity index (χ1v) is 11.0. The average molecular weight is 461 g/mol. The van der Waals surface area contributed by atoms with Crippen molar-refractivity contribution in [2.24, 2.45) is 0 Å². The molecule has 2 aromatic carbocycles. The molecule has 0 saturated heterocycles. The molecular weight excluding hydrogens is 435 g/mol. The number of aromatic carboxylic acids is 1. The van der Waals surface area contributed by atoms with Crippen LogP contribution in [0.25, 0.3) is 33.3 Å². The third kappa shape index (κ3) is 4.25. The number of imidazole rings is 1. The summed E-state index contributed by atoms with van der Waals surface area (Å²) in [4.78, 5) is 26.1. The summed E-state index contributed by atoms with van der Waals surface area (Å²) in [5, 5.41) is 10.6. The molecular formula is C27H25N4NaO2. The van der Waals surface area contributed by atoms with Gasteiger partial charge in [0.2, 0.25) is 0 Å². The number of fused-ring (bicyclic) bond motifs is 2. The second kappa shape index (κ2) is 9.66. The van der Waals surface area contributed by atoms with Crippen molar-refractivity contribution in [1.82, 2.24) is 19.5 Å². The summed E-state index contributed by atoms with van der Waals surface area (Å²) in [7, 11) is 0. The van der Waals surface area contributed by atoms with E-state index in [1.165, 1.54) is 0 Å². The van der Waals surface area contributed by atoms with Crippen LogP contribution >= 0.6 is 0 Å². The van der Waals surface area contributed by atoms with Crippen LogP contribution in [0, 0.1) is 13.8 Å². The Kier molecular flexibility index (Phi) is 6.84. The van der Waals surface area contributed by atoms with E-state index in [9.17, 15) is 9.90 Å². The fourth-order valence-corrected chi connectivity index (χ4v) is 4.45. The monoisotopic (exact) mass is 460 g/mol. The van der Waals surface area contributed by atoms with E-state index in [0.29, 0.717) is 17.8 Å². The second-order valence-corrected chi connectivity index (χ2v) is 8.25. The van der Waals surface area contributed by atoms with Crippen molar-refractivity contribution in [3.63, 3.8) is 0 Å². The van der Waals surface area contributed by atoms with Crippen LogP contribution < -0.4 is 0 Å². The Morgan fingerprint density at radius 3 is 2.53 bits per heavy atom. The summed E-state index contributed by atoms with van der Waals surface area (Å²) in [6, 6.07) is 19.0. The maximum absolute atomic E-state index is 11.7. The second-order valence-electron chi connectivity index (χ2n) is 8.25. The summed E-state index contributed by atoms with van der Waals surface area (Å²) in [6.45, 7) is 6.83. The zero-order valence-corrected chi connectivity index (χ0v) is 18.8. The third-order valence-electron chi connectivity index (χ3n) is 6.00. The van der Waals surface area contributed by atoms with Gasteiger partial charge in [0, 0.05) is 23.1 Å². The van der Waals surface area contributed by atoms with Gasteiger partial charge in [0.05, 0.1) is 23.3 Å². The topological polar surface area (TPSA) is 80.9 Å². The summed E-state index contributed by atoms with van der Waals surface area (Å²) < 4.78 is 2.19. The molecule has 0 atom stereocenters. The molecule has 0 radical (unpaired) electrons. The zero-order chi connectivity index (χ0) is 23.1. The van der Waals surface area contributed by atoms with Gasteiger partial charge in [-0.2, -0.15) is 0 Å². The van der Waals surface area contributed by atoms with Crippen molar-refractivity contribution in [1.29, 1.82) is 0 Å². The molecule has 7 heteroatoms. The van der Waals surface area contributed by atoms with Crippen LogP contribution in [0.3, 0.4) is 0 Å². The van der Waals surface area contributed by atoms with Crippen LogP contribution in [-0.4, -0.2) is 60.2 Å². The Morgan fingerprint density at radius 2 is 1.76 bits per heavy atom. The number of carboxylic acid groups (broad SMARTS) is 1. The predicted molar refractivity (Wildman–Crippen MR) is 137 cm³/mol. The van der Waals surface area contributed by atoms with Crippen molar-refractivity contribution in [3.05, 3.63) is 88.9 Å². The number of hydrogen-bond acceptors (Lipinski definition) is 4. The number of nitrogens with zero attached hydrogens (tertiary/aromatic N) is 4. The molecule has 0 aliphatic carbocycles. The molecule has 0 aliphatic heterocycles. The van der Waals surface area contributed by atoms with Gasteiger partial charge < -0.3 is 9.67 Å². The fraction of sp³-hybridized carbons (Fsp3) is 0.185. The van der Waals surface area contributed by atoms with E-state index in [0.717, 1.165) is 51.1 Å². The third-order valence-corrected chi connectivity index (χ3v) is 6.00. The van der Waals surface area contributed by atoms with Gasteiger partial charge in [-0.05, 0) is 49.2 Å². The van der Waals surface area contributed by atoms with E-state index < -0.39 is 5.97 Å². The molecule has 0 unspecified atom stereocenters. The van der Waals surface area contributed by atoms with Gasteiger partial charge >= 0.3 is 35.5 Å². The first-order chi connectivity index (χ1) is 16.0. The molecule has 1 N–H and O–H groups in total. The van der Waals surface area contributed by atoms with E-state index in [1.807, 2.05) is 37.3 Å². The molecule has 0 spiro atoms. The van der Waals surface area contributed by atoms with Gasteiger partial charge in [0.25, 0.3) is 0 Å². The normalized spacial score (nSPS) is 11.0. The molecule has 6 nitrogen and oxygen atoms in total. The number of carboxylic acids is 1. The molecule has 0 aliphatic rings. The Balaban J connectivity index is 0.00000274. The number of pyridine rings is 2. The van der Waals surface area contributed by atoms with Gasteiger partial charge in [0.1, 0.15) is 11.3 Å². The van der Waals surface area contributed by atoms with Crippen LogP contribution in [0.1, 0.15) is 39.9 Å². The zero-order valence-electron chi connectivity index (χ0n) is 18.8. The number of carbonyl (C=O) groups is 1. The average Bonchev–Trinajstić information content (AvgIpc) is 3.16. The van der Waals surface area contributed by atoms with Crippen LogP contribution in [0.15, 0.2) is 60.7 Å². The predicted octanol–water partition coefficient (Wildman–Crippen LogP) is 4.92. The van der Waals surface area contributed by atoms with Gasteiger partial charge in [0.15, 0.2) is 5.65 Å². The number of rotatable bonds is 5. The van der Waals surface area contributed by atoms with Crippen molar-refractivity contribution in [3.8, 4) is 11.3 Å². The summed E-state index contributed by atoms with van der Waals surface area (Å²) in [5.41, 5.74) is 7.41. The summed E-state index contributed by atoms with van der Waals surface area (Å²) in [6.07, 6.45) is 0.813. The van der Waals surface area contributed by atoms with Gasteiger partial charge in [-0.1, -0.05) is 43.3 Å². The SMILES string of the molecule is CCc1nc2c(C)cc(C)nc2n1Cc1cccc2nc(-c3ccccc3C(=O)O)ccc12.[NaH]. The molecule has 5 rings (SSSR count). The Labute approximate surface area is 220 Å². The van der Waals surface area contributed by atoms with Gasteiger partial charge in [-0.25, -0.2) is 19.7 Å². The molecule has 0 saturated carbocycles. The van der Waals surface area contributed by atoms with Crippen molar-refractivity contribution in [2.75, 3.05) is 0 Å². The Hall–Kier alpha value is -3.06. The number of aryl methyl sites for hydroxylation is 3. The van der Waals surface area contributed by atoms with Gasteiger partial charge in [-0.3, -0.25) is 0 Å². The molecule has 0 fully saturated rings. The quantitative estimate of drug-likeness (QED) is 0.377. The van der Waals surface area contributed by atoms with Crippen LogP contribution in [0.2, 0.25) is 0 Å². The van der Waals surface area contributed by atoms with E-state index in [-0.39, 0.29) is 35.1 Å². The molecule has 0 amide bonds. The first-order valence-electron chi connectivity index (χ1n) is 11.0. The molecule has 0 bridgehead atoms. The molecule has 166 valence electrons. The number of hydrogen-bond donors (Lipinski definition) is 1. The molecule has 5 aromatic rings. The van der Waals surface area contributed by atoms with Crippen molar-refractivity contribution >= 4 is 57.6 Å². The molecule has 3 heterocycles. The van der Waals surface area contributed by atoms with Crippen LogP contribution in [-0.2, 0) is 13.0 Å². The van der Waals surface area contributed by atoms with E-state index in [1.54, 1.807) is 18.2 Å². The van der Waals surface area contributed by atoms with Crippen molar-refractivity contribution < 1.29 is 9.90 Å². The summed E-state index contributed by atoms with van der Waals surface area (Å²) >= 11 is 0. The minimum atomic E-state index is -0.960. The first kappa shape index (κ1) is 24.1. The van der Waals surface area contributed by atoms with Crippen LogP contribution in [0.5, 0.6) is 0 Å². The Bertz CT molecular complexity index is 1540. The van der Waals surface area contributed by atoms with E-state index in [4.69, 9.17) is 15.0 Å². The molecule has 3 aromatic heterocycles. The summed E-state index contributed by atoms with van der Waals surface area (Å²) in [5.74, 6) is 0.0431. The maximum atomic E-state index is 11.7. The van der Waals surface area contributed by atoms with Gasteiger partial charge in [-0.15, -0.1) is 0 Å². The van der Waals surface area contributed by atoms with Crippen LogP contribution in [0.4, 0.5) is 0 Å². The molecule has 34 heavy (non-hydrogen) atoms.